The number of nitrogens with two attached hydrogens (primary N) is 1. The fraction of sp³-hybridized carbons (Fsp3) is 0.333. The van der Waals surface area contributed by atoms with E-state index < -0.39 is 0 Å². The molecule has 0 saturated heterocycles. The summed E-state index contributed by atoms with van der Waals surface area (Å²) in [7, 11) is 0. The van der Waals surface area contributed by atoms with Crippen LogP contribution in [0.5, 0.6) is 0 Å². The molecule has 0 unspecified atom stereocenters. The highest BCUT2D eigenvalue weighted by Gasteiger charge is 2.12. The minimum Gasteiger partial charge on any atom is -0.330 e. The molecule has 0 atom stereocenters. The molecule has 0 bridgehead atoms. The van der Waals surface area contributed by atoms with Crippen molar-refractivity contribution in [1.29, 1.82) is 0 Å². The molecule has 3 N–H and O–H groups in total. The second kappa shape index (κ2) is 8.51. The number of benzene rings is 2. The quantitative estimate of drug-likeness (QED) is 0.722. The SMILES string of the molecule is NCCCCNCC(c1ccccc1)c1ccccc1. The summed E-state index contributed by atoms with van der Waals surface area (Å²) >= 11 is 0. The molecule has 0 aliphatic rings. The number of nitrogens with one attached hydrogen (secondary N) is 1. The Kier molecular flexibility index (Phi) is 6.28. The summed E-state index contributed by atoms with van der Waals surface area (Å²) in [5, 5.41) is 3.56. The smallest absolute Gasteiger partial charge is 0.0214 e. The van der Waals surface area contributed by atoms with Crippen LogP contribution in [0.3, 0.4) is 0 Å². The van der Waals surface area contributed by atoms with Gasteiger partial charge in [0.05, 0.1) is 0 Å². The van der Waals surface area contributed by atoms with Crippen LogP contribution in [0.25, 0.3) is 0 Å². The molecule has 0 fully saturated rings. The van der Waals surface area contributed by atoms with Gasteiger partial charge in [0.1, 0.15) is 0 Å². The molecule has 0 radical (unpaired) electrons. The fourth-order valence-corrected chi connectivity index (χ4v) is 2.44. The monoisotopic (exact) mass is 268 g/mol. The Balaban J connectivity index is 2.02. The maximum Gasteiger partial charge on any atom is 0.0214 e. The highest BCUT2D eigenvalue weighted by molar-refractivity contribution is 5.32. The molecular formula is C18H24N2. The van der Waals surface area contributed by atoms with Gasteiger partial charge in [-0.3, -0.25) is 0 Å². The minimum absolute atomic E-state index is 0.412. The van der Waals surface area contributed by atoms with E-state index in [9.17, 15) is 0 Å². The summed E-state index contributed by atoms with van der Waals surface area (Å²) in [6.07, 6.45) is 2.24. The lowest BCUT2D eigenvalue weighted by Gasteiger charge is -2.19. The standard InChI is InChI=1S/C18H24N2/c19-13-7-8-14-20-15-18(16-9-3-1-4-10-16)17-11-5-2-6-12-17/h1-6,9-12,18,20H,7-8,13-15,19H2. The van der Waals surface area contributed by atoms with Gasteiger partial charge < -0.3 is 11.1 Å². The third kappa shape index (κ3) is 4.48. The Labute approximate surface area is 122 Å². The molecule has 2 heteroatoms. The molecule has 2 nitrogen and oxygen atoms in total. The van der Waals surface area contributed by atoms with Crippen LogP contribution in [0.1, 0.15) is 29.9 Å². The fourth-order valence-electron chi connectivity index (χ4n) is 2.44. The normalized spacial score (nSPS) is 10.9. The number of hydrogen-bond acceptors (Lipinski definition) is 2. The second-order valence-corrected chi connectivity index (χ2v) is 5.07. The molecule has 0 heterocycles. The van der Waals surface area contributed by atoms with Crippen molar-refractivity contribution < 1.29 is 0 Å². The van der Waals surface area contributed by atoms with Crippen LogP contribution in [-0.2, 0) is 0 Å². The summed E-state index contributed by atoms with van der Waals surface area (Å²) in [4.78, 5) is 0. The Hall–Kier alpha value is -1.64. The van der Waals surface area contributed by atoms with Crippen molar-refractivity contribution in [2.75, 3.05) is 19.6 Å². The first-order valence-electron chi connectivity index (χ1n) is 7.42. The summed E-state index contributed by atoms with van der Waals surface area (Å²) in [5.41, 5.74) is 8.26. The maximum absolute atomic E-state index is 5.52. The van der Waals surface area contributed by atoms with Gasteiger partial charge in [-0.1, -0.05) is 60.7 Å². The van der Waals surface area contributed by atoms with Crippen molar-refractivity contribution in [3.63, 3.8) is 0 Å². The molecule has 2 aromatic rings. The first-order valence-corrected chi connectivity index (χ1v) is 7.42. The van der Waals surface area contributed by atoms with Gasteiger partial charge in [-0.2, -0.15) is 0 Å². The molecule has 0 spiro atoms. The predicted molar refractivity (Wildman–Crippen MR) is 85.9 cm³/mol. The van der Waals surface area contributed by atoms with E-state index in [0.29, 0.717) is 5.92 Å². The number of unbranched alkanes of at least 4 members (excludes halogenated alkanes) is 1. The van der Waals surface area contributed by atoms with E-state index in [1.807, 2.05) is 0 Å². The molecule has 2 rings (SSSR count). The van der Waals surface area contributed by atoms with E-state index >= 15 is 0 Å². The third-order valence-electron chi connectivity index (χ3n) is 3.56. The summed E-state index contributed by atoms with van der Waals surface area (Å²) in [6, 6.07) is 21.4. The zero-order valence-electron chi connectivity index (χ0n) is 12.0. The van der Waals surface area contributed by atoms with E-state index in [0.717, 1.165) is 32.5 Å². The van der Waals surface area contributed by atoms with Crippen molar-refractivity contribution in [2.45, 2.75) is 18.8 Å². The highest BCUT2D eigenvalue weighted by atomic mass is 14.9. The predicted octanol–water partition coefficient (Wildman–Crippen LogP) is 3.15. The Morgan fingerprint density at radius 3 is 1.85 bits per heavy atom. The largest absolute Gasteiger partial charge is 0.330 e. The van der Waals surface area contributed by atoms with E-state index in [1.54, 1.807) is 0 Å². The Morgan fingerprint density at radius 2 is 1.35 bits per heavy atom. The van der Waals surface area contributed by atoms with Crippen molar-refractivity contribution in [3.8, 4) is 0 Å². The Morgan fingerprint density at radius 1 is 0.800 bits per heavy atom. The van der Waals surface area contributed by atoms with Crippen molar-refractivity contribution in [3.05, 3.63) is 71.8 Å². The topological polar surface area (TPSA) is 38.0 Å². The van der Waals surface area contributed by atoms with E-state index in [2.05, 4.69) is 66.0 Å². The summed E-state index contributed by atoms with van der Waals surface area (Å²) in [6.45, 7) is 2.79. The molecule has 0 amide bonds. The highest BCUT2D eigenvalue weighted by Crippen LogP contribution is 2.23. The number of hydrogen-bond donors (Lipinski definition) is 2. The first kappa shape index (κ1) is 14.8. The van der Waals surface area contributed by atoms with Crippen LogP contribution in [-0.4, -0.2) is 19.6 Å². The van der Waals surface area contributed by atoms with Crippen molar-refractivity contribution >= 4 is 0 Å². The Bertz CT molecular complexity index is 428. The summed E-state index contributed by atoms with van der Waals surface area (Å²) < 4.78 is 0. The van der Waals surface area contributed by atoms with Crippen LogP contribution < -0.4 is 11.1 Å². The molecule has 2 aromatic carbocycles. The minimum atomic E-state index is 0.412. The van der Waals surface area contributed by atoms with Gasteiger partial charge in [0, 0.05) is 12.5 Å². The van der Waals surface area contributed by atoms with Crippen LogP contribution >= 0.6 is 0 Å². The average molecular weight is 268 g/mol. The molecule has 20 heavy (non-hydrogen) atoms. The van der Waals surface area contributed by atoms with Gasteiger partial charge in [0.2, 0.25) is 0 Å². The van der Waals surface area contributed by atoms with E-state index in [-0.39, 0.29) is 0 Å². The number of rotatable bonds is 8. The maximum atomic E-state index is 5.52. The van der Waals surface area contributed by atoms with Gasteiger partial charge in [-0.15, -0.1) is 0 Å². The molecule has 0 aromatic heterocycles. The average Bonchev–Trinajstić information content (AvgIpc) is 2.53. The molecular weight excluding hydrogens is 244 g/mol. The lowest BCUT2D eigenvalue weighted by Crippen LogP contribution is -2.23. The molecule has 106 valence electrons. The van der Waals surface area contributed by atoms with Crippen LogP contribution in [0.4, 0.5) is 0 Å². The van der Waals surface area contributed by atoms with Crippen LogP contribution in [0.15, 0.2) is 60.7 Å². The molecule has 0 saturated carbocycles. The van der Waals surface area contributed by atoms with E-state index in [4.69, 9.17) is 5.73 Å². The zero-order chi connectivity index (χ0) is 14.0. The van der Waals surface area contributed by atoms with E-state index in [1.165, 1.54) is 11.1 Å². The van der Waals surface area contributed by atoms with Gasteiger partial charge >= 0.3 is 0 Å². The van der Waals surface area contributed by atoms with Gasteiger partial charge in [0.25, 0.3) is 0 Å². The van der Waals surface area contributed by atoms with Gasteiger partial charge in [-0.05, 0) is 37.1 Å². The molecule has 0 aliphatic carbocycles. The van der Waals surface area contributed by atoms with Crippen LogP contribution in [0.2, 0.25) is 0 Å². The van der Waals surface area contributed by atoms with Gasteiger partial charge in [0.15, 0.2) is 0 Å². The van der Waals surface area contributed by atoms with Crippen molar-refractivity contribution in [2.24, 2.45) is 5.73 Å². The first-order chi connectivity index (χ1) is 9.92. The lowest BCUT2D eigenvalue weighted by molar-refractivity contribution is 0.598. The van der Waals surface area contributed by atoms with Crippen LogP contribution in [0, 0.1) is 0 Å². The summed E-state index contributed by atoms with van der Waals surface area (Å²) in [5.74, 6) is 0.412. The second-order valence-electron chi connectivity index (χ2n) is 5.07. The third-order valence-corrected chi connectivity index (χ3v) is 3.56. The lowest BCUT2D eigenvalue weighted by atomic mass is 9.91. The molecule has 0 aliphatic heterocycles. The van der Waals surface area contributed by atoms with Gasteiger partial charge in [-0.25, -0.2) is 0 Å². The zero-order valence-corrected chi connectivity index (χ0v) is 12.0. The van der Waals surface area contributed by atoms with Crippen molar-refractivity contribution in [1.82, 2.24) is 5.32 Å².